The smallest absolute Gasteiger partial charge is 0.410 e. The van der Waals surface area contributed by atoms with Crippen molar-refractivity contribution in [2.45, 2.75) is 83.6 Å². The second kappa shape index (κ2) is 12.8. The Morgan fingerprint density at radius 1 is 1.02 bits per heavy atom. The lowest BCUT2D eigenvalue weighted by Crippen LogP contribution is -2.52. The van der Waals surface area contributed by atoms with Crippen molar-refractivity contribution in [1.29, 1.82) is 0 Å². The lowest BCUT2D eigenvalue weighted by molar-refractivity contribution is -0.136. The minimum absolute atomic E-state index is 0.181. The molecule has 3 saturated heterocycles. The largest absolute Gasteiger partial charge is 0.444 e. The number of rotatable bonds is 5. The Bertz CT molecular complexity index is 1260. The van der Waals surface area contributed by atoms with Crippen LogP contribution in [-0.4, -0.2) is 95.6 Å². The molecular formula is C32H42N4O6. The average Bonchev–Trinajstić information content (AvgIpc) is 3.26. The van der Waals surface area contributed by atoms with Crippen molar-refractivity contribution >= 4 is 23.8 Å². The molecule has 0 radical (unpaired) electrons. The summed E-state index contributed by atoms with van der Waals surface area (Å²) >= 11 is 0. The van der Waals surface area contributed by atoms with E-state index in [1.54, 1.807) is 11.0 Å². The summed E-state index contributed by atoms with van der Waals surface area (Å²) < 4.78 is 11.6. The van der Waals surface area contributed by atoms with Crippen LogP contribution in [0.3, 0.4) is 0 Å². The van der Waals surface area contributed by atoms with E-state index >= 15 is 0 Å². The predicted molar refractivity (Wildman–Crippen MR) is 155 cm³/mol. The third kappa shape index (κ3) is 7.50. The third-order valence-corrected chi connectivity index (χ3v) is 8.46. The highest BCUT2D eigenvalue weighted by Gasteiger charge is 2.39. The normalized spacial score (nSPS) is 22.5. The van der Waals surface area contributed by atoms with Gasteiger partial charge in [0.1, 0.15) is 18.2 Å². The van der Waals surface area contributed by atoms with E-state index in [0.717, 1.165) is 69.5 Å². The molecule has 1 N–H and O–H groups in total. The van der Waals surface area contributed by atoms with E-state index in [1.165, 1.54) is 0 Å². The lowest BCUT2D eigenvalue weighted by atomic mass is 9.95. The van der Waals surface area contributed by atoms with Gasteiger partial charge in [0.25, 0.3) is 5.91 Å². The topological polar surface area (TPSA) is 108 Å². The second-order valence-electron chi connectivity index (χ2n) is 12.8. The standard InChI is InChI=1S/C32H42N4O6/c1-32(2,3)42-31(40)35-16-10-23(11-17-35)20-34-14-12-25(13-15-34)41-18-4-5-22-6-7-26-24(19-22)21-36(30(26)39)27-8-9-28(37)33-29(27)38/h6-7,19,23,25,27H,8-18,20-21H2,1-3H3,(H,33,37,38). The number of nitrogens with zero attached hydrogens (tertiary/aromatic N) is 3. The van der Waals surface area contributed by atoms with Gasteiger partial charge in [0.2, 0.25) is 11.8 Å². The molecule has 3 fully saturated rings. The first-order chi connectivity index (χ1) is 20.1. The van der Waals surface area contributed by atoms with E-state index in [0.29, 0.717) is 31.1 Å². The number of imide groups is 1. The van der Waals surface area contributed by atoms with Crippen LogP contribution in [0.15, 0.2) is 18.2 Å². The van der Waals surface area contributed by atoms with Gasteiger partial charge in [-0.25, -0.2) is 4.79 Å². The Balaban J connectivity index is 1.01. The summed E-state index contributed by atoms with van der Waals surface area (Å²) in [7, 11) is 0. The molecule has 0 aromatic heterocycles. The molecule has 1 atom stereocenters. The highest BCUT2D eigenvalue weighted by atomic mass is 16.6. The fourth-order valence-electron chi connectivity index (χ4n) is 6.20. The molecule has 1 aromatic carbocycles. The Morgan fingerprint density at radius 2 is 1.76 bits per heavy atom. The molecule has 10 nitrogen and oxygen atoms in total. The van der Waals surface area contributed by atoms with Crippen LogP contribution < -0.4 is 5.32 Å². The van der Waals surface area contributed by atoms with Crippen LogP contribution in [-0.2, 0) is 25.6 Å². The molecule has 4 amide bonds. The Morgan fingerprint density at radius 3 is 2.45 bits per heavy atom. The van der Waals surface area contributed by atoms with Gasteiger partial charge in [-0.3, -0.25) is 19.7 Å². The molecule has 5 rings (SSSR count). The zero-order chi connectivity index (χ0) is 29.9. The van der Waals surface area contributed by atoms with E-state index in [4.69, 9.17) is 9.47 Å². The van der Waals surface area contributed by atoms with Crippen LogP contribution in [0.5, 0.6) is 0 Å². The minimum atomic E-state index is -0.617. The van der Waals surface area contributed by atoms with Gasteiger partial charge in [0, 0.05) is 56.8 Å². The fraction of sp³-hybridized carbons (Fsp3) is 0.625. The molecule has 1 unspecified atom stereocenters. The number of carbonyl (C=O) groups excluding carboxylic acids is 4. The van der Waals surface area contributed by atoms with Gasteiger partial charge in [-0.2, -0.15) is 0 Å². The monoisotopic (exact) mass is 578 g/mol. The van der Waals surface area contributed by atoms with E-state index < -0.39 is 17.6 Å². The van der Waals surface area contributed by atoms with Crippen LogP contribution in [0, 0.1) is 17.8 Å². The number of benzene rings is 1. The SMILES string of the molecule is CC(C)(C)OC(=O)N1CCC(CN2CCC(OCC#Cc3ccc4c(c3)CN(C3CCC(=O)NC3=O)C4=O)CC2)CC1. The Kier molecular flexibility index (Phi) is 9.19. The van der Waals surface area contributed by atoms with E-state index in [1.807, 2.05) is 37.8 Å². The Hall–Kier alpha value is -3.42. The molecule has 4 aliphatic rings. The first-order valence-corrected chi connectivity index (χ1v) is 15.1. The highest BCUT2D eigenvalue weighted by molar-refractivity contribution is 6.05. The molecule has 4 heterocycles. The van der Waals surface area contributed by atoms with Gasteiger partial charge in [-0.1, -0.05) is 11.8 Å². The molecule has 0 aliphatic carbocycles. The summed E-state index contributed by atoms with van der Waals surface area (Å²) in [5, 5.41) is 2.33. The van der Waals surface area contributed by atoms with Gasteiger partial charge in [0.15, 0.2) is 0 Å². The van der Waals surface area contributed by atoms with Gasteiger partial charge in [-0.15, -0.1) is 0 Å². The minimum Gasteiger partial charge on any atom is -0.444 e. The zero-order valence-corrected chi connectivity index (χ0v) is 24.9. The summed E-state index contributed by atoms with van der Waals surface area (Å²) in [6.45, 7) is 11.0. The second-order valence-corrected chi connectivity index (χ2v) is 12.8. The highest BCUT2D eigenvalue weighted by Crippen LogP contribution is 2.28. The fourth-order valence-corrected chi connectivity index (χ4v) is 6.20. The number of nitrogens with one attached hydrogen (secondary N) is 1. The molecule has 42 heavy (non-hydrogen) atoms. The molecule has 4 aliphatic heterocycles. The molecule has 1 aromatic rings. The van der Waals surface area contributed by atoms with E-state index in [9.17, 15) is 19.2 Å². The zero-order valence-electron chi connectivity index (χ0n) is 24.9. The molecule has 0 saturated carbocycles. The van der Waals surface area contributed by atoms with Gasteiger partial charge in [-0.05, 0) is 82.6 Å². The first-order valence-electron chi connectivity index (χ1n) is 15.1. The first kappa shape index (κ1) is 30.1. The van der Waals surface area contributed by atoms with Crippen molar-refractivity contribution in [2.24, 2.45) is 5.92 Å². The van der Waals surface area contributed by atoms with Gasteiger partial charge in [0.05, 0.1) is 6.10 Å². The number of amides is 4. The van der Waals surface area contributed by atoms with Crippen molar-refractivity contribution in [3.05, 3.63) is 34.9 Å². The third-order valence-electron chi connectivity index (χ3n) is 8.46. The van der Waals surface area contributed by atoms with Crippen LogP contribution in [0.4, 0.5) is 4.79 Å². The number of hydrogen-bond donors (Lipinski definition) is 1. The molecule has 226 valence electrons. The lowest BCUT2D eigenvalue weighted by Gasteiger charge is -2.37. The maximum Gasteiger partial charge on any atom is 0.410 e. The Labute approximate surface area is 248 Å². The maximum atomic E-state index is 12.9. The summed E-state index contributed by atoms with van der Waals surface area (Å²) in [5.74, 6) is 5.99. The number of piperidine rings is 3. The van der Waals surface area contributed by atoms with Crippen LogP contribution in [0.1, 0.15) is 80.8 Å². The van der Waals surface area contributed by atoms with Gasteiger partial charge >= 0.3 is 6.09 Å². The maximum absolute atomic E-state index is 12.9. The average molecular weight is 579 g/mol. The summed E-state index contributed by atoms with van der Waals surface area (Å²) in [6.07, 6.45) is 4.57. The van der Waals surface area contributed by atoms with Crippen molar-refractivity contribution in [3.8, 4) is 11.8 Å². The number of ether oxygens (including phenoxy) is 2. The number of carbonyl (C=O) groups is 4. The quantitative estimate of drug-likeness (QED) is 0.423. The molecular weight excluding hydrogens is 536 g/mol. The number of hydrogen-bond acceptors (Lipinski definition) is 7. The molecule has 10 heteroatoms. The molecule has 0 bridgehead atoms. The summed E-state index contributed by atoms with van der Waals surface area (Å²) in [5.41, 5.74) is 1.78. The van der Waals surface area contributed by atoms with Crippen LogP contribution in [0.25, 0.3) is 0 Å². The van der Waals surface area contributed by atoms with E-state index in [2.05, 4.69) is 22.1 Å². The van der Waals surface area contributed by atoms with Crippen molar-refractivity contribution < 1.29 is 28.7 Å². The predicted octanol–water partition coefficient (Wildman–Crippen LogP) is 2.93. The van der Waals surface area contributed by atoms with Crippen LogP contribution >= 0.6 is 0 Å². The van der Waals surface area contributed by atoms with E-state index in [-0.39, 0.29) is 30.4 Å². The van der Waals surface area contributed by atoms with Crippen molar-refractivity contribution in [2.75, 3.05) is 39.3 Å². The summed E-state index contributed by atoms with van der Waals surface area (Å²) in [4.78, 5) is 54.8. The number of likely N-dealkylation sites (tertiary alicyclic amines) is 2. The number of fused-ring (bicyclic) bond motifs is 1. The summed E-state index contributed by atoms with van der Waals surface area (Å²) in [6, 6.07) is 4.89. The van der Waals surface area contributed by atoms with Crippen molar-refractivity contribution in [1.82, 2.24) is 20.0 Å². The van der Waals surface area contributed by atoms with Crippen LogP contribution in [0.2, 0.25) is 0 Å². The molecule has 0 spiro atoms. The van der Waals surface area contributed by atoms with Gasteiger partial charge < -0.3 is 24.2 Å². The van der Waals surface area contributed by atoms with Crippen molar-refractivity contribution in [3.63, 3.8) is 0 Å².